The normalized spacial score (nSPS) is 11.4. The molecule has 0 saturated carbocycles. The van der Waals surface area contributed by atoms with Crippen molar-refractivity contribution < 1.29 is 9.32 Å². The summed E-state index contributed by atoms with van der Waals surface area (Å²) in [4.78, 5) is 22.3. The Hall–Kier alpha value is -4.07. The molecule has 0 unspecified atom stereocenters. The van der Waals surface area contributed by atoms with Gasteiger partial charge in [0.05, 0.1) is 39.9 Å². The number of anilines is 1. The summed E-state index contributed by atoms with van der Waals surface area (Å²) < 4.78 is 7.11. The predicted octanol–water partition coefficient (Wildman–Crippen LogP) is 4.35. The second kappa shape index (κ2) is 7.02. The third kappa shape index (κ3) is 3.22. The van der Waals surface area contributed by atoms with E-state index >= 15 is 0 Å². The number of fused-ring (bicyclic) bond motifs is 2. The molecule has 0 aliphatic carbocycles. The fourth-order valence-electron chi connectivity index (χ4n) is 3.72. The molecule has 8 heteroatoms. The van der Waals surface area contributed by atoms with Gasteiger partial charge in [0, 0.05) is 18.0 Å². The molecule has 31 heavy (non-hydrogen) atoms. The first kappa shape index (κ1) is 18.9. The number of hydrogen-bond acceptors (Lipinski definition) is 6. The minimum absolute atomic E-state index is 0.283. The van der Waals surface area contributed by atoms with Crippen molar-refractivity contribution in [1.82, 2.24) is 24.9 Å². The van der Waals surface area contributed by atoms with Crippen molar-refractivity contribution in [2.24, 2.45) is 7.05 Å². The van der Waals surface area contributed by atoms with Crippen molar-refractivity contribution in [3.63, 3.8) is 0 Å². The third-order valence-corrected chi connectivity index (χ3v) is 5.33. The van der Waals surface area contributed by atoms with E-state index in [9.17, 15) is 4.79 Å². The largest absolute Gasteiger partial charge is 0.335 e. The van der Waals surface area contributed by atoms with Crippen molar-refractivity contribution in [2.45, 2.75) is 20.8 Å². The van der Waals surface area contributed by atoms with Gasteiger partial charge in [0.2, 0.25) is 0 Å². The number of benzene rings is 1. The molecule has 0 spiro atoms. The smallest absolute Gasteiger partial charge is 0.259 e. The van der Waals surface area contributed by atoms with E-state index in [1.54, 1.807) is 23.9 Å². The molecule has 5 aromatic rings. The number of aromatic nitrogens is 5. The van der Waals surface area contributed by atoms with Crippen LogP contribution in [0.25, 0.3) is 33.4 Å². The Morgan fingerprint density at radius 3 is 2.61 bits per heavy atom. The van der Waals surface area contributed by atoms with Gasteiger partial charge in [-0.3, -0.25) is 9.48 Å². The van der Waals surface area contributed by atoms with Gasteiger partial charge in [0.15, 0.2) is 5.65 Å². The van der Waals surface area contributed by atoms with Crippen LogP contribution in [0.2, 0.25) is 0 Å². The van der Waals surface area contributed by atoms with Gasteiger partial charge >= 0.3 is 0 Å². The van der Waals surface area contributed by atoms with Crippen LogP contribution < -0.4 is 5.32 Å². The summed E-state index contributed by atoms with van der Waals surface area (Å²) >= 11 is 0. The Balaban J connectivity index is 1.58. The Bertz CT molecular complexity index is 1460. The Labute approximate surface area is 177 Å². The van der Waals surface area contributed by atoms with E-state index in [0.717, 1.165) is 27.9 Å². The predicted molar refractivity (Wildman–Crippen MR) is 118 cm³/mol. The van der Waals surface area contributed by atoms with Gasteiger partial charge in [-0.1, -0.05) is 35.0 Å². The summed E-state index contributed by atoms with van der Waals surface area (Å²) in [5.74, 6) is -0.283. The lowest BCUT2D eigenvalue weighted by molar-refractivity contribution is 0.102. The maximum absolute atomic E-state index is 13.3. The molecule has 0 aliphatic rings. The fourth-order valence-corrected chi connectivity index (χ4v) is 3.72. The third-order valence-electron chi connectivity index (χ3n) is 5.33. The number of aryl methyl sites for hydroxylation is 4. The molecular weight excluding hydrogens is 392 g/mol. The molecule has 5 rings (SSSR count). The molecule has 1 N–H and O–H groups in total. The summed E-state index contributed by atoms with van der Waals surface area (Å²) in [7, 11) is 1.84. The van der Waals surface area contributed by atoms with Gasteiger partial charge in [0.1, 0.15) is 0 Å². The van der Waals surface area contributed by atoms with Crippen LogP contribution in [0.3, 0.4) is 0 Å². The molecule has 8 nitrogen and oxygen atoms in total. The molecule has 4 aromatic heterocycles. The van der Waals surface area contributed by atoms with Crippen LogP contribution in [-0.4, -0.2) is 30.8 Å². The number of amides is 1. The van der Waals surface area contributed by atoms with Crippen LogP contribution in [0.5, 0.6) is 0 Å². The molecule has 0 atom stereocenters. The highest BCUT2D eigenvalue weighted by molar-refractivity contribution is 6.13. The lowest BCUT2D eigenvalue weighted by Gasteiger charge is -2.09. The molecule has 4 heterocycles. The second-order valence-corrected chi connectivity index (χ2v) is 7.63. The van der Waals surface area contributed by atoms with Gasteiger partial charge in [-0.25, -0.2) is 9.97 Å². The number of hydrogen-bond donors (Lipinski definition) is 1. The second-order valence-electron chi connectivity index (χ2n) is 7.63. The monoisotopic (exact) mass is 412 g/mol. The van der Waals surface area contributed by atoms with E-state index in [1.165, 1.54) is 0 Å². The number of carbonyl (C=O) groups is 1. The van der Waals surface area contributed by atoms with E-state index in [0.29, 0.717) is 33.7 Å². The Kier molecular flexibility index (Phi) is 4.28. The Morgan fingerprint density at radius 2 is 1.84 bits per heavy atom. The summed E-state index contributed by atoms with van der Waals surface area (Å²) in [6.45, 7) is 5.73. The summed E-state index contributed by atoms with van der Waals surface area (Å²) in [5, 5.41) is 12.8. The first-order valence-electron chi connectivity index (χ1n) is 9.85. The quantitative estimate of drug-likeness (QED) is 0.473. The molecule has 1 amide bonds. The van der Waals surface area contributed by atoms with Crippen LogP contribution in [-0.2, 0) is 7.05 Å². The fraction of sp³-hybridized carbons (Fsp3) is 0.174. The standard InChI is InChI=1S/C23H20N6O2/c1-12-5-7-15(8-6-12)19-10-18(20-14(3)28-31-23(20)26-19)22(30)25-16-9-17-13(2)27-29(4)21(17)24-11-16/h5-11H,1-4H3,(H,25,30). The average molecular weight is 412 g/mol. The van der Waals surface area contributed by atoms with Crippen LogP contribution >= 0.6 is 0 Å². The lowest BCUT2D eigenvalue weighted by Crippen LogP contribution is -2.13. The molecule has 0 aliphatic heterocycles. The maximum atomic E-state index is 13.3. The van der Waals surface area contributed by atoms with Gasteiger partial charge in [-0.15, -0.1) is 0 Å². The van der Waals surface area contributed by atoms with Crippen molar-refractivity contribution >= 4 is 33.7 Å². The number of pyridine rings is 2. The molecule has 154 valence electrons. The van der Waals surface area contributed by atoms with Gasteiger partial charge < -0.3 is 9.84 Å². The molecule has 0 saturated heterocycles. The highest BCUT2D eigenvalue weighted by atomic mass is 16.5. The first-order valence-corrected chi connectivity index (χ1v) is 9.85. The van der Waals surface area contributed by atoms with Gasteiger partial charge in [-0.2, -0.15) is 5.10 Å². The van der Waals surface area contributed by atoms with E-state index < -0.39 is 0 Å². The minimum atomic E-state index is -0.283. The highest BCUT2D eigenvalue weighted by Gasteiger charge is 2.20. The average Bonchev–Trinajstić information content (AvgIpc) is 3.27. The zero-order chi connectivity index (χ0) is 21.7. The van der Waals surface area contributed by atoms with Gasteiger partial charge in [-0.05, 0) is 32.9 Å². The molecule has 0 bridgehead atoms. The minimum Gasteiger partial charge on any atom is -0.335 e. The van der Waals surface area contributed by atoms with Crippen molar-refractivity contribution in [2.75, 3.05) is 5.32 Å². The van der Waals surface area contributed by atoms with Gasteiger partial charge in [0.25, 0.3) is 11.6 Å². The Morgan fingerprint density at radius 1 is 1.06 bits per heavy atom. The summed E-state index contributed by atoms with van der Waals surface area (Å²) in [5.41, 5.74) is 6.27. The number of rotatable bonds is 3. The SMILES string of the molecule is Cc1ccc(-c2cc(C(=O)Nc3cnc4c(c3)c(C)nn4C)c3c(C)noc3n2)cc1. The van der Waals surface area contributed by atoms with Crippen molar-refractivity contribution in [3.05, 3.63) is 65.1 Å². The summed E-state index contributed by atoms with van der Waals surface area (Å²) in [6.07, 6.45) is 1.63. The molecule has 1 aromatic carbocycles. The zero-order valence-corrected chi connectivity index (χ0v) is 17.6. The van der Waals surface area contributed by atoms with Crippen LogP contribution in [0.15, 0.2) is 47.1 Å². The van der Waals surface area contributed by atoms with E-state index in [1.807, 2.05) is 51.2 Å². The van der Waals surface area contributed by atoms with Crippen molar-refractivity contribution in [3.8, 4) is 11.3 Å². The lowest BCUT2D eigenvalue weighted by atomic mass is 10.0. The summed E-state index contributed by atoms with van der Waals surface area (Å²) in [6, 6.07) is 11.6. The van der Waals surface area contributed by atoms with E-state index in [2.05, 4.69) is 25.5 Å². The maximum Gasteiger partial charge on any atom is 0.259 e. The van der Waals surface area contributed by atoms with Crippen LogP contribution in [0.4, 0.5) is 5.69 Å². The molecular formula is C23H20N6O2. The van der Waals surface area contributed by atoms with E-state index in [4.69, 9.17) is 4.52 Å². The zero-order valence-electron chi connectivity index (χ0n) is 17.6. The topological polar surface area (TPSA) is 98.7 Å². The number of carbonyl (C=O) groups excluding carboxylic acids is 1. The molecule has 0 fully saturated rings. The molecule has 0 radical (unpaired) electrons. The highest BCUT2D eigenvalue weighted by Crippen LogP contribution is 2.28. The van der Waals surface area contributed by atoms with Crippen LogP contribution in [0.1, 0.15) is 27.3 Å². The van der Waals surface area contributed by atoms with E-state index in [-0.39, 0.29) is 5.91 Å². The number of nitrogens with one attached hydrogen (secondary N) is 1. The first-order chi connectivity index (χ1) is 14.9. The van der Waals surface area contributed by atoms with Crippen LogP contribution in [0, 0.1) is 20.8 Å². The van der Waals surface area contributed by atoms with Crippen molar-refractivity contribution in [1.29, 1.82) is 0 Å². The number of nitrogens with zero attached hydrogens (tertiary/aromatic N) is 5.